The van der Waals surface area contributed by atoms with Crippen LogP contribution in [0, 0.1) is 11.6 Å². The Labute approximate surface area is 214 Å². The number of alkyl halides is 1. The SMILES string of the molecule is CO[C@@H]1[C@@H](n2cc(-c3ccc(Cl)c(F)c3F)nn2)[C@@H](O)[C@@H](CO)O[C@@H]1Cc1cn(C2(C)CC(F)C2)nn1. The van der Waals surface area contributed by atoms with Crippen LogP contribution in [0.2, 0.25) is 5.02 Å². The number of benzene rings is 1. The van der Waals surface area contributed by atoms with Crippen LogP contribution in [-0.2, 0) is 21.4 Å². The highest BCUT2D eigenvalue weighted by molar-refractivity contribution is 6.30. The maximum absolute atomic E-state index is 14.5. The summed E-state index contributed by atoms with van der Waals surface area (Å²) in [4.78, 5) is 0. The number of nitrogens with zero attached hydrogens (tertiary/aromatic N) is 6. The normalized spacial score (nSPS) is 31.9. The lowest BCUT2D eigenvalue weighted by atomic mass is 9.77. The molecule has 1 saturated carbocycles. The first-order valence-electron chi connectivity index (χ1n) is 11.7. The number of ether oxygens (including phenoxy) is 2. The van der Waals surface area contributed by atoms with Gasteiger partial charge in [-0.3, -0.25) is 0 Å². The highest BCUT2D eigenvalue weighted by atomic mass is 35.5. The fraction of sp³-hybridized carbons (Fsp3) is 0.565. The van der Waals surface area contributed by atoms with Gasteiger partial charge in [-0.25, -0.2) is 22.5 Å². The fourth-order valence-electron chi connectivity index (χ4n) is 5.14. The summed E-state index contributed by atoms with van der Waals surface area (Å²) in [5, 5.41) is 36.8. The molecular weight excluding hydrogens is 517 g/mol. The number of halogens is 4. The predicted octanol–water partition coefficient (Wildman–Crippen LogP) is 2.23. The van der Waals surface area contributed by atoms with Gasteiger partial charge in [0.1, 0.15) is 36.2 Å². The van der Waals surface area contributed by atoms with Crippen molar-refractivity contribution in [2.75, 3.05) is 13.7 Å². The van der Waals surface area contributed by atoms with Gasteiger partial charge in [0.2, 0.25) is 0 Å². The third kappa shape index (κ3) is 4.63. The van der Waals surface area contributed by atoms with Crippen molar-refractivity contribution >= 4 is 11.6 Å². The third-order valence-corrected chi connectivity index (χ3v) is 7.48. The molecule has 2 aromatic heterocycles. The molecule has 200 valence electrons. The van der Waals surface area contributed by atoms with E-state index in [4.69, 9.17) is 21.1 Å². The van der Waals surface area contributed by atoms with E-state index in [9.17, 15) is 23.4 Å². The Morgan fingerprint density at radius 3 is 2.59 bits per heavy atom. The van der Waals surface area contributed by atoms with Crippen LogP contribution in [0.25, 0.3) is 11.3 Å². The first-order valence-corrected chi connectivity index (χ1v) is 12.1. The Kier molecular flexibility index (Phi) is 7.00. The molecule has 1 saturated heterocycles. The molecule has 0 spiro atoms. The summed E-state index contributed by atoms with van der Waals surface area (Å²) < 4.78 is 56.5. The van der Waals surface area contributed by atoms with E-state index in [1.807, 2.05) is 6.92 Å². The number of aliphatic hydroxyl groups excluding tert-OH is 2. The quantitative estimate of drug-likeness (QED) is 0.436. The zero-order chi connectivity index (χ0) is 26.5. The maximum atomic E-state index is 14.5. The molecule has 3 heterocycles. The topological polar surface area (TPSA) is 120 Å². The van der Waals surface area contributed by atoms with Crippen LogP contribution >= 0.6 is 11.6 Å². The van der Waals surface area contributed by atoms with Gasteiger partial charge in [0.25, 0.3) is 0 Å². The van der Waals surface area contributed by atoms with Crippen molar-refractivity contribution in [1.82, 2.24) is 30.0 Å². The number of hydrogen-bond acceptors (Lipinski definition) is 8. The first-order chi connectivity index (χ1) is 17.6. The molecule has 0 bridgehead atoms. The molecule has 1 aromatic carbocycles. The third-order valence-electron chi connectivity index (χ3n) is 7.19. The molecule has 2 aliphatic rings. The van der Waals surface area contributed by atoms with E-state index in [-0.39, 0.29) is 22.7 Å². The number of aromatic nitrogens is 6. The second-order valence-corrected chi connectivity index (χ2v) is 10.2. The lowest BCUT2D eigenvalue weighted by molar-refractivity contribution is -0.212. The molecule has 5 atom stereocenters. The summed E-state index contributed by atoms with van der Waals surface area (Å²) >= 11 is 5.65. The van der Waals surface area contributed by atoms with Crippen LogP contribution in [0.15, 0.2) is 24.5 Å². The van der Waals surface area contributed by atoms with Crippen molar-refractivity contribution in [3.05, 3.63) is 46.9 Å². The van der Waals surface area contributed by atoms with Gasteiger partial charge in [0.05, 0.1) is 35.2 Å². The second kappa shape index (κ2) is 9.95. The van der Waals surface area contributed by atoms with Crippen molar-refractivity contribution < 1.29 is 32.9 Å². The predicted molar refractivity (Wildman–Crippen MR) is 123 cm³/mol. The molecule has 3 aromatic rings. The minimum atomic E-state index is -1.27. The van der Waals surface area contributed by atoms with E-state index in [2.05, 4.69) is 20.6 Å². The summed E-state index contributed by atoms with van der Waals surface area (Å²) in [5.74, 6) is -2.38. The first kappa shape index (κ1) is 26.0. The monoisotopic (exact) mass is 542 g/mol. The molecule has 5 rings (SSSR count). The lowest BCUT2D eigenvalue weighted by Crippen LogP contribution is -2.57. The van der Waals surface area contributed by atoms with Crippen molar-refractivity contribution in [3.8, 4) is 11.3 Å². The Morgan fingerprint density at radius 1 is 1.16 bits per heavy atom. The average Bonchev–Trinajstić information content (AvgIpc) is 3.52. The van der Waals surface area contributed by atoms with Gasteiger partial charge >= 0.3 is 0 Å². The molecule has 1 aliphatic heterocycles. The molecular formula is C23H26ClF3N6O4. The van der Waals surface area contributed by atoms with E-state index in [1.54, 1.807) is 10.9 Å². The molecule has 2 N–H and O–H groups in total. The van der Waals surface area contributed by atoms with E-state index in [1.165, 1.54) is 30.1 Å². The van der Waals surface area contributed by atoms with Crippen LogP contribution in [-0.4, -0.2) is 84.5 Å². The average molecular weight is 543 g/mol. The summed E-state index contributed by atoms with van der Waals surface area (Å²) in [6.07, 6.45) is -0.621. The van der Waals surface area contributed by atoms with Gasteiger partial charge in [-0.05, 0) is 19.1 Å². The summed E-state index contributed by atoms with van der Waals surface area (Å²) in [6, 6.07) is 1.59. The van der Waals surface area contributed by atoms with Gasteiger partial charge < -0.3 is 19.7 Å². The fourth-order valence-corrected chi connectivity index (χ4v) is 5.29. The van der Waals surface area contributed by atoms with Gasteiger partial charge in [-0.15, -0.1) is 10.2 Å². The van der Waals surface area contributed by atoms with E-state index < -0.39 is 60.4 Å². The van der Waals surface area contributed by atoms with Crippen LogP contribution in [0.5, 0.6) is 0 Å². The van der Waals surface area contributed by atoms with Gasteiger partial charge in [-0.2, -0.15) is 0 Å². The van der Waals surface area contributed by atoms with Crippen LogP contribution < -0.4 is 0 Å². The standard InChI is InChI=1S/C23H26ClF3N6O4/c1-23(6-11(25)7-23)33-8-12(28-31-33)5-16-22(36-2)20(21(35)17(10-34)37-16)32-9-15(29-30-32)13-3-4-14(24)19(27)18(13)26/h3-4,8-9,11,16-17,20-22,34-35H,5-7,10H2,1-2H3/t11?,16-,17-,20+,21+,22+,23?/m1/s1. The maximum Gasteiger partial charge on any atom is 0.178 e. The Balaban J connectivity index is 1.42. The van der Waals surface area contributed by atoms with Crippen LogP contribution in [0.4, 0.5) is 13.2 Å². The molecule has 0 unspecified atom stereocenters. The van der Waals surface area contributed by atoms with Crippen molar-refractivity contribution in [2.24, 2.45) is 0 Å². The van der Waals surface area contributed by atoms with E-state index in [0.717, 1.165) is 0 Å². The summed E-state index contributed by atoms with van der Waals surface area (Å²) in [5.41, 5.74) is -0.0314. The largest absolute Gasteiger partial charge is 0.394 e. The molecule has 0 radical (unpaired) electrons. The molecule has 10 nitrogen and oxygen atoms in total. The van der Waals surface area contributed by atoms with Gasteiger partial charge in [-0.1, -0.05) is 22.0 Å². The number of methoxy groups -OCH3 is 1. The smallest absolute Gasteiger partial charge is 0.178 e. The van der Waals surface area contributed by atoms with E-state index in [0.29, 0.717) is 18.5 Å². The van der Waals surface area contributed by atoms with Gasteiger partial charge in [0, 0.05) is 38.1 Å². The molecule has 1 aliphatic carbocycles. The second-order valence-electron chi connectivity index (χ2n) is 9.74. The number of aliphatic hydroxyl groups is 2. The Morgan fingerprint density at radius 2 is 1.92 bits per heavy atom. The minimum Gasteiger partial charge on any atom is -0.394 e. The summed E-state index contributed by atoms with van der Waals surface area (Å²) in [6.45, 7) is 1.41. The molecule has 37 heavy (non-hydrogen) atoms. The minimum absolute atomic E-state index is 0.0153. The van der Waals surface area contributed by atoms with E-state index >= 15 is 0 Å². The summed E-state index contributed by atoms with van der Waals surface area (Å²) in [7, 11) is 1.43. The highest BCUT2D eigenvalue weighted by Crippen LogP contribution is 2.40. The zero-order valence-electron chi connectivity index (χ0n) is 20.0. The number of hydrogen-bond donors (Lipinski definition) is 2. The van der Waals surface area contributed by atoms with Crippen molar-refractivity contribution in [3.63, 3.8) is 0 Å². The van der Waals surface area contributed by atoms with Crippen LogP contribution in [0.3, 0.4) is 0 Å². The zero-order valence-corrected chi connectivity index (χ0v) is 20.8. The number of rotatable bonds is 7. The Hall–Kier alpha value is -2.58. The Bertz CT molecular complexity index is 1270. The lowest BCUT2D eigenvalue weighted by Gasteiger charge is -2.43. The molecule has 14 heteroatoms. The van der Waals surface area contributed by atoms with Gasteiger partial charge in [0.15, 0.2) is 11.6 Å². The highest BCUT2D eigenvalue weighted by Gasteiger charge is 2.48. The molecule has 2 fully saturated rings. The molecule has 0 amide bonds. The van der Waals surface area contributed by atoms with Crippen molar-refractivity contribution in [1.29, 1.82) is 0 Å². The van der Waals surface area contributed by atoms with Crippen molar-refractivity contribution in [2.45, 2.75) is 68.4 Å². The van der Waals surface area contributed by atoms with Crippen LogP contribution in [0.1, 0.15) is 31.5 Å².